The van der Waals surface area contributed by atoms with E-state index in [0.717, 1.165) is 35.7 Å². The first kappa shape index (κ1) is 16.2. The molecule has 122 valence electrons. The van der Waals surface area contributed by atoms with Crippen molar-refractivity contribution in [1.29, 1.82) is 0 Å². The average Bonchev–Trinajstić information content (AvgIpc) is 2.95. The summed E-state index contributed by atoms with van der Waals surface area (Å²) in [5.41, 5.74) is 1.02. The smallest absolute Gasteiger partial charge is 0.271 e. The highest BCUT2D eigenvalue weighted by molar-refractivity contribution is 8.01. The maximum Gasteiger partial charge on any atom is 0.271 e. The maximum atomic E-state index is 12.1. The molecule has 0 unspecified atom stereocenters. The molecule has 1 amide bonds. The summed E-state index contributed by atoms with van der Waals surface area (Å²) in [6.45, 7) is 2.01. The molecular formula is C15H18N4O2S2. The number of aryl methyl sites for hydroxylation is 1. The molecule has 0 aromatic carbocycles. The van der Waals surface area contributed by atoms with Crippen LogP contribution in [0.15, 0.2) is 26.6 Å². The molecule has 2 N–H and O–H groups in total. The van der Waals surface area contributed by atoms with Gasteiger partial charge in [-0.2, -0.15) is 5.10 Å². The summed E-state index contributed by atoms with van der Waals surface area (Å²) < 4.78 is 1.13. The molecule has 6 nitrogen and oxygen atoms in total. The molecule has 1 fully saturated rings. The van der Waals surface area contributed by atoms with Crippen LogP contribution in [-0.4, -0.2) is 32.4 Å². The fourth-order valence-corrected chi connectivity index (χ4v) is 4.87. The van der Waals surface area contributed by atoms with Crippen molar-refractivity contribution in [2.24, 2.45) is 0 Å². The Morgan fingerprint density at radius 1 is 1.35 bits per heavy atom. The SMILES string of the molecule is Cc1csc(SC2CCC(NC(=O)c3ccc(=O)[nH]n3)CC2)n1. The van der Waals surface area contributed by atoms with Gasteiger partial charge in [0, 0.05) is 28.4 Å². The Morgan fingerprint density at radius 3 is 2.74 bits per heavy atom. The number of thiazole rings is 1. The highest BCUT2D eigenvalue weighted by Gasteiger charge is 2.24. The number of nitrogens with zero attached hydrogens (tertiary/aromatic N) is 2. The topological polar surface area (TPSA) is 87.7 Å². The summed E-state index contributed by atoms with van der Waals surface area (Å²) in [7, 11) is 0. The Kier molecular flexibility index (Phi) is 5.12. The third-order valence-electron chi connectivity index (χ3n) is 3.79. The van der Waals surface area contributed by atoms with E-state index in [4.69, 9.17) is 0 Å². The van der Waals surface area contributed by atoms with Crippen LogP contribution in [-0.2, 0) is 0 Å². The predicted octanol–water partition coefficient (Wildman–Crippen LogP) is 2.37. The minimum absolute atomic E-state index is 0.172. The fourth-order valence-electron chi connectivity index (χ4n) is 2.58. The standard InChI is InChI=1S/C15H18N4O2S2/c1-9-8-22-15(16-9)23-11-4-2-10(3-5-11)17-14(21)12-6-7-13(20)19-18-12/h6-8,10-11H,2-5H2,1H3,(H,17,21)(H,19,20). The normalized spacial score (nSPS) is 21.1. The lowest BCUT2D eigenvalue weighted by Gasteiger charge is -2.28. The van der Waals surface area contributed by atoms with Crippen molar-refractivity contribution in [2.45, 2.75) is 48.2 Å². The summed E-state index contributed by atoms with van der Waals surface area (Å²) in [5.74, 6) is -0.229. The molecule has 2 aromatic heterocycles. The molecule has 0 atom stereocenters. The second kappa shape index (κ2) is 7.27. The largest absolute Gasteiger partial charge is 0.348 e. The van der Waals surface area contributed by atoms with Crippen molar-refractivity contribution in [3.63, 3.8) is 0 Å². The Balaban J connectivity index is 1.48. The quantitative estimate of drug-likeness (QED) is 0.884. The van der Waals surface area contributed by atoms with Gasteiger partial charge in [-0.05, 0) is 38.7 Å². The monoisotopic (exact) mass is 350 g/mol. The Morgan fingerprint density at radius 2 is 2.13 bits per heavy atom. The number of amides is 1. The van der Waals surface area contributed by atoms with E-state index in [1.807, 2.05) is 18.7 Å². The van der Waals surface area contributed by atoms with Gasteiger partial charge in [0.25, 0.3) is 11.5 Å². The minimum Gasteiger partial charge on any atom is -0.348 e. The minimum atomic E-state index is -0.309. The second-order valence-corrected chi connectivity index (χ2v) is 8.03. The molecule has 3 rings (SSSR count). The molecule has 2 aromatic rings. The second-order valence-electron chi connectivity index (χ2n) is 5.63. The van der Waals surface area contributed by atoms with Crippen LogP contribution in [0.1, 0.15) is 41.9 Å². The number of thioether (sulfide) groups is 1. The van der Waals surface area contributed by atoms with Gasteiger partial charge in [0.15, 0.2) is 0 Å². The number of rotatable bonds is 4. The first-order chi connectivity index (χ1) is 11.1. The van der Waals surface area contributed by atoms with Crippen LogP contribution in [0.5, 0.6) is 0 Å². The molecular weight excluding hydrogens is 332 g/mol. The summed E-state index contributed by atoms with van der Waals surface area (Å²) in [5, 5.41) is 11.7. The van der Waals surface area contributed by atoms with Crippen molar-refractivity contribution in [2.75, 3.05) is 0 Å². The van der Waals surface area contributed by atoms with Gasteiger partial charge in [-0.25, -0.2) is 10.1 Å². The van der Waals surface area contributed by atoms with Crippen molar-refractivity contribution < 1.29 is 4.79 Å². The first-order valence-electron chi connectivity index (χ1n) is 7.55. The Bertz CT molecular complexity index is 715. The predicted molar refractivity (Wildman–Crippen MR) is 91.1 cm³/mol. The number of nitrogens with one attached hydrogen (secondary N) is 2. The molecule has 0 spiro atoms. The van der Waals surface area contributed by atoms with Crippen molar-refractivity contribution in [3.8, 4) is 0 Å². The molecule has 1 aliphatic carbocycles. The summed E-state index contributed by atoms with van der Waals surface area (Å²) >= 11 is 3.54. The lowest BCUT2D eigenvalue weighted by Crippen LogP contribution is -2.38. The van der Waals surface area contributed by atoms with Crippen LogP contribution in [0.2, 0.25) is 0 Å². The zero-order chi connectivity index (χ0) is 16.2. The van der Waals surface area contributed by atoms with E-state index in [9.17, 15) is 9.59 Å². The van der Waals surface area contributed by atoms with Crippen LogP contribution >= 0.6 is 23.1 Å². The van der Waals surface area contributed by atoms with Gasteiger partial charge < -0.3 is 5.32 Å². The van der Waals surface area contributed by atoms with Crippen LogP contribution in [0.25, 0.3) is 0 Å². The van der Waals surface area contributed by atoms with E-state index in [-0.39, 0.29) is 23.2 Å². The van der Waals surface area contributed by atoms with Crippen LogP contribution in [0.3, 0.4) is 0 Å². The van der Waals surface area contributed by atoms with Crippen molar-refractivity contribution in [1.82, 2.24) is 20.5 Å². The third-order valence-corrected chi connectivity index (χ3v) is 6.21. The molecule has 0 saturated heterocycles. The third kappa shape index (κ3) is 4.42. The highest BCUT2D eigenvalue weighted by Crippen LogP contribution is 2.35. The van der Waals surface area contributed by atoms with Gasteiger partial charge in [0.05, 0.1) is 0 Å². The Labute approximate surface area is 142 Å². The number of carbonyl (C=O) groups is 1. The molecule has 0 bridgehead atoms. The molecule has 1 saturated carbocycles. The molecule has 23 heavy (non-hydrogen) atoms. The number of hydrogen-bond acceptors (Lipinski definition) is 6. The zero-order valence-corrected chi connectivity index (χ0v) is 14.4. The summed E-state index contributed by atoms with van der Waals surface area (Å²) in [6, 6.07) is 2.93. The molecule has 8 heteroatoms. The average molecular weight is 350 g/mol. The number of aromatic amines is 1. The van der Waals surface area contributed by atoms with Gasteiger partial charge in [0.1, 0.15) is 10.0 Å². The van der Waals surface area contributed by atoms with E-state index in [1.165, 1.54) is 12.1 Å². The fraction of sp³-hybridized carbons (Fsp3) is 0.467. The lowest BCUT2D eigenvalue weighted by atomic mass is 9.95. The maximum absolute atomic E-state index is 12.1. The number of carbonyl (C=O) groups excluding carboxylic acids is 1. The number of hydrogen-bond donors (Lipinski definition) is 2. The summed E-state index contributed by atoms with van der Waals surface area (Å²) in [4.78, 5) is 27.5. The lowest BCUT2D eigenvalue weighted by molar-refractivity contribution is 0.0922. The molecule has 0 aliphatic heterocycles. The van der Waals surface area contributed by atoms with Gasteiger partial charge in [0.2, 0.25) is 0 Å². The van der Waals surface area contributed by atoms with E-state index in [2.05, 4.69) is 25.9 Å². The number of H-pyrrole nitrogens is 1. The van der Waals surface area contributed by atoms with Gasteiger partial charge >= 0.3 is 0 Å². The van der Waals surface area contributed by atoms with Crippen LogP contribution in [0.4, 0.5) is 0 Å². The summed E-state index contributed by atoms with van der Waals surface area (Å²) in [6.07, 6.45) is 4.04. The number of aromatic nitrogens is 3. The first-order valence-corrected chi connectivity index (χ1v) is 9.31. The van der Waals surface area contributed by atoms with E-state index >= 15 is 0 Å². The van der Waals surface area contributed by atoms with Crippen LogP contribution in [0, 0.1) is 6.92 Å². The van der Waals surface area contributed by atoms with Crippen molar-refractivity contribution >= 4 is 29.0 Å². The van der Waals surface area contributed by atoms with Gasteiger partial charge in [-0.15, -0.1) is 11.3 Å². The highest BCUT2D eigenvalue weighted by atomic mass is 32.2. The van der Waals surface area contributed by atoms with Crippen molar-refractivity contribution in [3.05, 3.63) is 39.3 Å². The zero-order valence-electron chi connectivity index (χ0n) is 12.7. The molecule has 1 aliphatic rings. The van der Waals surface area contributed by atoms with E-state index in [1.54, 1.807) is 11.3 Å². The Hall–Kier alpha value is -1.67. The molecule has 2 heterocycles. The molecule has 0 radical (unpaired) electrons. The van der Waals surface area contributed by atoms with E-state index < -0.39 is 0 Å². The van der Waals surface area contributed by atoms with Gasteiger partial charge in [-0.1, -0.05) is 11.8 Å². The van der Waals surface area contributed by atoms with E-state index in [0.29, 0.717) is 5.25 Å². The van der Waals surface area contributed by atoms with Gasteiger partial charge in [-0.3, -0.25) is 9.59 Å². The van der Waals surface area contributed by atoms with Crippen LogP contribution < -0.4 is 10.9 Å².